The third-order valence-corrected chi connectivity index (χ3v) is 5.50. The summed E-state index contributed by atoms with van der Waals surface area (Å²) in [5, 5.41) is 24.4. The number of nitrogens with one attached hydrogen (secondary N) is 2. The maximum absolute atomic E-state index is 12.9. The van der Waals surface area contributed by atoms with Gasteiger partial charge in [-0.3, -0.25) is 14.4 Å². The van der Waals surface area contributed by atoms with Crippen molar-refractivity contribution in [2.45, 2.75) is 56.0 Å². The van der Waals surface area contributed by atoms with Crippen LogP contribution in [0, 0.1) is 0 Å². The lowest BCUT2D eigenvalue weighted by Crippen LogP contribution is -2.69. The molecule has 0 unspecified atom stereocenters. The highest BCUT2D eigenvalue weighted by Gasteiger charge is 2.55. The Morgan fingerprint density at radius 3 is 2.46 bits per heavy atom. The Bertz CT molecular complexity index is 652. The molecule has 158 valence electrons. The van der Waals surface area contributed by atoms with Gasteiger partial charge in [-0.25, -0.2) is 4.79 Å². The molecule has 0 aromatic rings. The predicted octanol–water partition coefficient (Wildman–Crippen LogP) is -1.83. The maximum Gasteiger partial charge on any atom is 0.408 e. The zero-order valence-corrected chi connectivity index (χ0v) is 16.8. The van der Waals surface area contributed by atoms with Crippen LogP contribution in [0.4, 0.5) is 4.79 Å². The number of carbonyl (C=O) groups is 4. The van der Waals surface area contributed by atoms with Gasteiger partial charge in [-0.2, -0.15) is 0 Å². The van der Waals surface area contributed by atoms with Gasteiger partial charge in [0.25, 0.3) is 0 Å². The molecule has 4 N–H and O–H groups in total. The molecule has 5 atom stereocenters. The van der Waals surface area contributed by atoms with Gasteiger partial charge in [0, 0.05) is 5.75 Å². The summed E-state index contributed by atoms with van der Waals surface area (Å²) in [5.41, 5.74) is -0.826. The van der Waals surface area contributed by atoms with Crippen molar-refractivity contribution in [1.29, 1.82) is 0 Å². The van der Waals surface area contributed by atoms with Gasteiger partial charge in [0.05, 0.1) is 7.11 Å². The predicted molar refractivity (Wildman–Crippen MR) is 97.1 cm³/mol. The molecule has 2 fully saturated rings. The number of amides is 3. The number of fused-ring (bicyclic) bond motifs is 1. The second-order valence-electron chi connectivity index (χ2n) is 7.38. The second-order valence-corrected chi connectivity index (χ2v) is 8.53. The first-order valence-electron chi connectivity index (χ1n) is 8.60. The van der Waals surface area contributed by atoms with E-state index in [4.69, 9.17) is 4.74 Å². The first-order valence-corrected chi connectivity index (χ1v) is 9.65. The summed E-state index contributed by atoms with van der Waals surface area (Å²) in [6.45, 7) is 4.54. The summed E-state index contributed by atoms with van der Waals surface area (Å²) >= 11 is 1.12. The largest absolute Gasteiger partial charge is 0.468 e. The molecule has 0 radical (unpaired) electrons. The SMILES string of the molecule is COC(=O)CNC(=O)[C@@H]1CS[C@H]2[C@@H](O)[C@H](O)[C@H](NC(=O)OC(C)(C)C)C(=O)N12. The van der Waals surface area contributed by atoms with Crippen LogP contribution in [0.5, 0.6) is 0 Å². The Kier molecular flexibility index (Phi) is 6.78. The summed E-state index contributed by atoms with van der Waals surface area (Å²) in [6.07, 6.45) is -3.89. The highest BCUT2D eigenvalue weighted by atomic mass is 32.2. The number of carbonyl (C=O) groups excluding carboxylic acids is 4. The van der Waals surface area contributed by atoms with Crippen molar-refractivity contribution in [2.24, 2.45) is 0 Å². The fraction of sp³-hybridized carbons (Fsp3) is 0.750. The number of aliphatic hydroxyl groups excluding tert-OH is 2. The highest BCUT2D eigenvalue weighted by molar-refractivity contribution is 8.00. The Hall–Kier alpha value is -2.05. The minimum atomic E-state index is -1.56. The molecule has 0 spiro atoms. The lowest BCUT2D eigenvalue weighted by molar-refractivity contribution is -0.157. The van der Waals surface area contributed by atoms with E-state index >= 15 is 0 Å². The number of hydrogen-bond donors (Lipinski definition) is 4. The topological polar surface area (TPSA) is 154 Å². The normalized spacial score (nSPS) is 29.7. The fourth-order valence-corrected chi connectivity index (χ4v) is 4.34. The van der Waals surface area contributed by atoms with Crippen molar-refractivity contribution < 1.29 is 38.9 Å². The molecular weight excluding hydrogens is 394 g/mol. The zero-order chi connectivity index (χ0) is 21.2. The molecule has 0 aliphatic carbocycles. The smallest absolute Gasteiger partial charge is 0.408 e. The van der Waals surface area contributed by atoms with Gasteiger partial charge in [-0.15, -0.1) is 11.8 Å². The van der Waals surface area contributed by atoms with Gasteiger partial charge in [0.15, 0.2) is 0 Å². The number of aliphatic hydroxyl groups is 2. The van der Waals surface area contributed by atoms with Crippen LogP contribution < -0.4 is 10.6 Å². The maximum atomic E-state index is 12.9. The molecule has 2 heterocycles. The summed E-state index contributed by atoms with van der Waals surface area (Å²) in [7, 11) is 1.18. The lowest BCUT2D eigenvalue weighted by atomic mass is 9.97. The van der Waals surface area contributed by atoms with Gasteiger partial charge < -0.3 is 35.2 Å². The molecular formula is C16H25N3O8S. The molecule has 2 saturated heterocycles. The summed E-state index contributed by atoms with van der Waals surface area (Å²) in [4.78, 5) is 49.6. The third-order valence-electron chi connectivity index (χ3n) is 4.15. The van der Waals surface area contributed by atoms with Crippen molar-refractivity contribution in [2.75, 3.05) is 19.4 Å². The van der Waals surface area contributed by atoms with E-state index in [1.165, 1.54) is 7.11 Å². The highest BCUT2D eigenvalue weighted by Crippen LogP contribution is 2.37. The molecule has 12 heteroatoms. The van der Waals surface area contributed by atoms with Crippen LogP contribution >= 0.6 is 11.8 Å². The van der Waals surface area contributed by atoms with Crippen LogP contribution in [0.25, 0.3) is 0 Å². The van der Waals surface area contributed by atoms with Gasteiger partial charge in [0.2, 0.25) is 11.8 Å². The molecule has 0 saturated carbocycles. The number of methoxy groups -OCH3 is 1. The second kappa shape index (κ2) is 8.53. The van der Waals surface area contributed by atoms with Gasteiger partial charge in [0.1, 0.15) is 41.8 Å². The molecule has 28 heavy (non-hydrogen) atoms. The number of piperidine rings is 1. The third kappa shape index (κ3) is 4.86. The monoisotopic (exact) mass is 419 g/mol. The number of esters is 1. The van der Waals surface area contributed by atoms with Gasteiger partial charge in [-0.05, 0) is 20.8 Å². The Balaban J connectivity index is 2.13. The Morgan fingerprint density at radius 1 is 1.25 bits per heavy atom. The minimum Gasteiger partial charge on any atom is -0.468 e. The summed E-state index contributed by atoms with van der Waals surface area (Å²) < 4.78 is 9.53. The lowest BCUT2D eigenvalue weighted by Gasteiger charge is -2.42. The van der Waals surface area contributed by atoms with E-state index in [2.05, 4.69) is 15.4 Å². The number of hydrogen-bond acceptors (Lipinski definition) is 9. The van der Waals surface area contributed by atoms with Crippen molar-refractivity contribution >= 4 is 35.6 Å². The molecule has 2 aliphatic rings. The first-order chi connectivity index (χ1) is 13.0. The van der Waals surface area contributed by atoms with Crippen LogP contribution in [0.1, 0.15) is 20.8 Å². The van der Waals surface area contributed by atoms with Crippen molar-refractivity contribution in [3.63, 3.8) is 0 Å². The average molecular weight is 419 g/mol. The number of rotatable bonds is 4. The minimum absolute atomic E-state index is 0.159. The molecule has 3 amide bonds. The van der Waals surface area contributed by atoms with Crippen LogP contribution in [0.15, 0.2) is 0 Å². The summed E-state index contributed by atoms with van der Waals surface area (Å²) in [5.74, 6) is -1.82. The van der Waals surface area contributed by atoms with E-state index in [0.717, 1.165) is 16.7 Å². The standard InChI is InChI=1S/C16H25N3O8S/c1-16(2,3)27-15(25)18-9-10(21)11(22)14-19(13(9)24)7(6-28-14)12(23)17-5-8(20)26-4/h7,9-11,14,21-22H,5-6H2,1-4H3,(H,17,23)(H,18,25)/t7-,9-,10+,11-,14-/m0/s1. The van der Waals surface area contributed by atoms with E-state index in [0.29, 0.717) is 0 Å². The van der Waals surface area contributed by atoms with Crippen molar-refractivity contribution in [3.05, 3.63) is 0 Å². The van der Waals surface area contributed by atoms with Gasteiger partial charge in [-0.1, -0.05) is 0 Å². The zero-order valence-electron chi connectivity index (χ0n) is 16.0. The number of alkyl carbamates (subject to hydrolysis) is 1. The fourth-order valence-electron chi connectivity index (χ4n) is 2.88. The van der Waals surface area contributed by atoms with E-state index in [1.807, 2.05) is 0 Å². The summed E-state index contributed by atoms with van der Waals surface area (Å²) in [6, 6.07) is -2.45. The Morgan fingerprint density at radius 2 is 1.89 bits per heavy atom. The average Bonchev–Trinajstić information content (AvgIpc) is 3.05. The number of nitrogens with zero attached hydrogens (tertiary/aromatic N) is 1. The van der Waals surface area contributed by atoms with Crippen LogP contribution in [-0.4, -0.2) is 93.7 Å². The van der Waals surface area contributed by atoms with E-state index < -0.39 is 59.1 Å². The van der Waals surface area contributed by atoms with E-state index in [1.54, 1.807) is 20.8 Å². The number of thioether (sulfide) groups is 1. The first kappa shape index (κ1) is 22.2. The molecule has 2 aliphatic heterocycles. The Labute approximate surface area is 166 Å². The van der Waals surface area contributed by atoms with Crippen molar-refractivity contribution in [1.82, 2.24) is 15.5 Å². The van der Waals surface area contributed by atoms with Crippen LogP contribution in [0.3, 0.4) is 0 Å². The molecule has 2 rings (SSSR count). The molecule has 11 nitrogen and oxygen atoms in total. The van der Waals surface area contributed by atoms with Crippen molar-refractivity contribution in [3.8, 4) is 0 Å². The van der Waals surface area contributed by atoms with E-state index in [-0.39, 0.29) is 12.3 Å². The van der Waals surface area contributed by atoms with E-state index in [9.17, 15) is 29.4 Å². The van der Waals surface area contributed by atoms with Crippen LogP contribution in [-0.2, 0) is 23.9 Å². The van der Waals surface area contributed by atoms with Crippen LogP contribution in [0.2, 0.25) is 0 Å². The quantitative estimate of drug-likeness (QED) is 0.385. The molecule has 0 aromatic heterocycles. The molecule has 0 aromatic carbocycles. The molecule has 0 bridgehead atoms. The van der Waals surface area contributed by atoms with Gasteiger partial charge >= 0.3 is 12.1 Å². The number of ether oxygens (including phenoxy) is 2.